The molecule has 4 rings (SSSR count). The second-order valence-electron chi connectivity index (χ2n) is 10.0. The Morgan fingerprint density at radius 2 is 1.75 bits per heavy atom. The van der Waals surface area contributed by atoms with Crippen molar-refractivity contribution in [3.63, 3.8) is 0 Å². The zero-order valence-electron chi connectivity index (χ0n) is 17.1. The lowest BCUT2D eigenvalue weighted by Crippen LogP contribution is -2.48. The topological polar surface area (TPSA) is 96.0 Å². The molecule has 158 valence electrons. The molecule has 0 aromatic heterocycles. The molecule has 6 nitrogen and oxygen atoms in total. The number of carbonyl (C=O) groups excluding carboxylic acids is 1. The van der Waals surface area contributed by atoms with Gasteiger partial charge in [0.1, 0.15) is 0 Å². The molecular formula is C21H37BN2O4. The van der Waals surface area contributed by atoms with Gasteiger partial charge < -0.3 is 25.4 Å². The van der Waals surface area contributed by atoms with E-state index < -0.39 is 7.12 Å². The average molecular weight is 392 g/mol. The molecule has 0 bridgehead atoms. The van der Waals surface area contributed by atoms with Crippen molar-refractivity contribution in [2.45, 2.75) is 76.1 Å². The fourth-order valence-corrected chi connectivity index (χ4v) is 6.45. The molecule has 0 radical (unpaired) electrons. The first-order chi connectivity index (χ1) is 13.5. The van der Waals surface area contributed by atoms with Crippen LogP contribution >= 0.6 is 0 Å². The largest absolute Gasteiger partial charge is 0.454 e. The molecule has 1 spiro atoms. The van der Waals surface area contributed by atoms with Crippen LogP contribution in [-0.2, 0) is 9.53 Å². The van der Waals surface area contributed by atoms with E-state index >= 15 is 0 Å². The predicted molar refractivity (Wildman–Crippen MR) is 108 cm³/mol. The van der Waals surface area contributed by atoms with Crippen LogP contribution in [-0.4, -0.2) is 60.3 Å². The lowest BCUT2D eigenvalue weighted by atomic mass is 9.62. The fourth-order valence-electron chi connectivity index (χ4n) is 6.45. The van der Waals surface area contributed by atoms with Crippen LogP contribution in [0.15, 0.2) is 0 Å². The van der Waals surface area contributed by atoms with E-state index in [1.165, 1.54) is 12.8 Å². The van der Waals surface area contributed by atoms with E-state index in [9.17, 15) is 14.8 Å². The Labute approximate surface area is 169 Å². The smallest absolute Gasteiger partial charge is 0.427 e. The second kappa shape index (κ2) is 8.62. The molecule has 2 saturated heterocycles. The van der Waals surface area contributed by atoms with Crippen molar-refractivity contribution in [2.75, 3.05) is 26.2 Å². The van der Waals surface area contributed by atoms with E-state index in [-0.39, 0.29) is 11.2 Å². The standard InChI is InChI=1S/C21H37BN2O4/c23-13-16-3-6-19-18(11-16)21(14-28-19)7-9-24(10-8-21)20(25)12-15-1-4-17(5-2-15)22(26)27/h15-19,26-27H,1-14,23H2. The van der Waals surface area contributed by atoms with Gasteiger partial charge in [-0.15, -0.1) is 0 Å². The van der Waals surface area contributed by atoms with Gasteiger partial charge in [-0.1, -0.05) is 25.7 Å². The van der Waals surface area contributed by atoms with Crippen molar-refractivity contribution >= 4 is 13.0 Å². The van der Waals surface area contributed by atoms with Crippen LogP contribution in [0, 0.1) is 23.2 Å². The number of likely N-dealkylation sites (tertiary alicyclic amines) is 1. The maximum atomic E-state index is 12.8. The molecule has 4 aliphatic rings. The Hall–Kier alpha value is -0.625. The molecule has 7 heteroatoms. The van der Waals surface area contributed by atoms with Crippen molar-refractivity contribution in [3.05, 3.63) is 0 Å². The number of fused-ring (bicyclic) bond motifs is 2. The summed E-state index contributed by atoms with van der Waals surface area (Å²) >= 11 is 0. The Balaban J connectivity index is 1.27. The number of piperidine rings is 1. The Morgan fingerprint density at radius 1 is 1.07 bits per heavy atom. The summed E-state index contributed by atoms with van der Waals surface area (Å²) in [5.74, 6) is 1.96. The first-order valence-electron chi connectivity index (χ1n) is 11.5. The highest BCUT2D eigenvalue weighted by atomic mass is 16.5. The van der Waals surface area contributed by atoms with Crippen LogP contribution in [0.3, 0.4) is 0 Å². The molecule has 28 heavy (non-hydrogen) atoms. The molecule has 0 aromatic carbocycles. The highest BCUT2D eigenvalue weighted by Gasteiger charge is 2.52. The van der Waals surface area contributed by atoms with Crippen molar-refractivity contribution < 1.29 is 19.6 Å². The zero-order chi connectivity index (χ0) is 19.7. The van der Waals surface area contributed by atoms with Gasteiger partial charge in [-0.05, 0) is 62.2 Å². The lowest BCUT2D eigenvalue weighted by molar-refractivity contribution is -0.135. The number of amides is 1. The van der Waals surface area contributed by atoms with Crippen LogP contribution in [0.25, 0.3) is 0 Å². The van der Waals surface area contributed by atoms with Gasteiger partial charge in [0.25, 0.3) is 0 Å². The Kier molecular flexibility index (Phi) is 6.36. The minimum Gasteiger partial charge on any atom is -0.427 e. The fraction of sp³-hybridized carbons (Fsp3) is 0.952. The number of hydrogen-bond acceptors (Lipinski definition) is 5. The number of ether oxygens (including phenoxy) is 1. The van der Waals surface area contributed by atoms with Crippen LogP contribution in [0.5, 0.6) is 0 Å². The van der Waals surface area contributed by atoms with E-state index in [0.29, 0.717) is 36.2 Å². The highest BCUT2D eigenvalue weighted by molar-refractivity contribution is 6.43. The van der Waals surface area contributed by atoms with Gasteiger partial charge in [0.15, 0.2) is 0 Å². The molecular weight excluding hydrogens is 355 g/mol. The maximum absolute atomic E-state index is 12.8. The number of hydrogen-bond donors (Lipinski definition) is 3. The highest BCUT2D eigenvalue weighted by Crippen LogP contribution is 2.52. The number of carbonyl (C=O) groups is 1. The number of rotatable bonds is 4. The molecule has 3 unspecified atom stereocenters. The molecule has 1 amide bonds. The lowest BCUT2D eigenvalue weighted by Gasteiger charge is -2.45. The summed E-state index contributed by atoms with van der Waals surface area (Å²) in [6, 6.07) is 0. The Bertz CT molecular complexity index is 545. The minimum absolute atomic E-state index is 0.00986. The summed E-state index contributed by atoms with van der Waals surface area (Å²) in [6.45, 7) is 3.39. The quantitative estimate of drug-likeness (QED) is 0.634. The van der Waals surface area contributed by atoms with Gasteiger partial charge in [0.05, 0.1) is 12.7 Å². The average Bonchev–Trinajstić information content (AvgIpc) is 3.06. The first kappa shape index (κ1) is 20.6. The predicted octanol–water partition coefficient (Wildman–Crippen LogP) is 1.79. The molecule has 2 aliphatic carbocycles. The summed E-state index contributed by atoms with van der Waals surface area (Å²) in [6.07, 6.45) is 10.3. The molecule has 2 heterocycles. The van der Waals surface area contributed by atoms with E-state index in [0.717, 1.165) is 71.2 Å². The van der Waals surface area contributed by atoms with Crippen LogP contribution in [0.1, 0.15) is 64.2 Å². The second-order valence-corrected chi connectivity index (χ2v) is 10.0. The third-order valence-electron chi connectivity index (χ3n) is 8.49. The van der Waals surface area contributed by atoms with Gasteiger partial charge in [-0.25, -0.2) is 0 Å². The number of nitrogens with two attached hydrogens (primary N) is 1. The SMILES string of the molecule is NCC1CCC2OCC3(CCN(C(=O)CC4CCC(B(O)O)CC4)CC3)C2C1. The van der Waals surface area contributed by atoms with Gasteiger partial charge in [-0.3, -0.25) is 4.79 Å². The first-order valence-corrected chi connectivity index (χ1v) is 11.5. The van der Waals surface area contributed by atoms with Crippen molar-refractivity contribution in [2.24, 2.45) is 28.9 Å². The van der Waals surface area contributed by atoms with Crippen molar-refractivity contribution in [1.82, 2.24) is 4.90 Å². The summed E-state index contributed by atoms with van der Waals surface area (Å²) in [4.78, 5) is 14.9. The normalized spacial score (nSPS) is 37.7. The van der Waals surface area contributed by atoms with Crippen molar-refractivity contribution in [1.29, 1.82) is 0 Å². The van der Waals surface area contributed by atoms with Crippen LogP contribution in [0.2, 0.25) is 5.82 Å². The van der Waals surface area contributed by atoms with Gasteiger partial charge in [0.2, 0.25) is 5.91 Å². The van der Waals surface area contributed by atoms with Gasteiger partial charge in [0, 0.05) is 24.9 Å². The number of nitrogens with zero attached hydrogens (tertiary/aromatic N) is 1. The van der Waals surface area contributed by atoms with E-state index in [1.807, 2.05) is 0 Å². The van der Waals surface area contributed by atoms with E-state index in [2.05, 4.69) is 4.90 Å². The monoisotopic (exact) mass is 392 g/mol. The van der Waals surface area contributed by atoms with Crippen LogP contribution < -0.4 is 5.73 Å². The van der Waals surface area contributed by atoms with Crippen LogP contribution in [0.4, 0.5) is 0 Å². The van der Waals surface area contributed by atoms with Gasteiger partial charge >= 0.3 is 7.12 Å². The van der Waals surface area contributed by atoms with Crippen molar-refractivity contribution in [3.8, 4) is 0 Å². The van der Waals surface area contributed by atoms with Gasteiger partial charge in [-0.2, -0.15) is 0 Å². The van der Waals surface area contributed by atoms with E-state index in [4.69, 9.17) is 10.5 Å². The van der Waals surface area contributed by atoms with E-state index in [1.54, 1.807) is 0 Å². The molecule has 4 fully saturated rings. The minimum atomic E-state index is -1.20. The summed E-state index contributed by atoms with van der Waals surface area (Å²) < 4.78 is 6.20. The molecule has 3 atom stereocenters. The molecule has 2 saturated carbocycles. The summed E-state index contributed by atoms with van der Waals surface area (Å²) in [5.41, 5.74) is 6.23. The summed E-state index contributed by atoms with van der Waals surface area (Å²) in [7, 11) is -1.20. The third kappa shape index (κ3) is 4.14. The maximum Gasteiger partial charge on any atom is 0.454 e. The summed E-state index contributed by atoms with van der Waals surface area (Å²) in [5, 5.41) is 18.7. The zero-order valence-corrected chi connectivity index (χ0v) is 17.1. The molecule has 4 N–H and O–H groups in total. The third-order valence-corrected chi connectivity index (χ3v) is 8.49. The molecule has 2 aliphatic heterocycles. The Morgan fingerprint density at radius 3 is 2.39 bits per heavy atom. The molecule has 0 aromatic rings.